The first-order chi connectivity index (χ1) is 8.22. The molecular weight excluding hydrogens is 260 g/mol. The van der Waals surface area contributed by atoms with Gasteiger partial charge in [0, 0.05) is 15.8 Å². The van der Waals surface area contributed by atoms with E-state index >= 15 is 0 Å². The van der Waals surface area contributed by atoms with Crippen LogP contribution in [0.4, 0.5) is 0 Å². The number of rotatable bonds is 4. The molecule has 104 valence electrons. The first-order valence-electron chi connectivity index (χ1n) is 6.81. The zero-order valence-electron chi connectivity index (χ0n) is 12.3. The third-order valence-corrected chi connectivity index (χ3v) is 5.12. The quantitative estimate of drug-likeness (QED) is 0.345. The van der Waals surface area contributed by atoms with E-state index in [0.29, 0.717) is 10.6 Å². The Morgan fingerprint density at radius 3 is 2.28 bits per heavy atom. The van der Waals surface area contributed by atoms with E-state index in [0.717, 1.165) is 10.2 Å². The second-order valence-corrected chi connectivity index (χ2v) is 13.0. The van der Waals surface area contributed by atoms with E-state index in [9.17, 15) is 4.79 Å². The fourth-order valence-electron chi connectivity index (χ4n) is 2.31. The Bertz CT molecular complexity index is 326. The van der Waals surface area contributed by atoms with Gasteiger partial charge in [0.25, 0.3) is 0 Å². The molecule has 0 aromatic rings. The molecule has 3 nitrogen and oxygen atoms in total. The van der Waals surface area contributed by atoms with Crippen LogP contribution in [0.15, 0.2) is 11.6 Å². The van der Waals surface area contributed by atoms with Crippen molar-refractivity contribution in [1.82, 2.24) is 0 Å². The van der Waals surface area contributed by atoms with Crippen molar-refractivity contribution in [2.75, 3.05) is 0 Å². The molecule has 1 saturated carbocycles. The molecule has 0 heterocycles. The maximum Gasteiger partial charge on any atom is 0.367 e. The number of carbonyl (C=O) groups is 1. The van der Waals surface area contributed by atoms with Gasteiger partial charge in [-0.05, 0) is 44.4 Å². The number of hydrogen-bond acceptors (Lipinski definition) is 3. The topological polar surface area (TPSA) is 35.5 Å². The van der Waals surface area contributed by atoms with Crippen molar-refractivity contribution in [3.05, 3.63) is 11.6 Å². The van der Waals surface area contributed by atoms with E-state index in [4.69, 9.17) is 9.46 Å². The fourth-order valence-corrected chi connectivity index (χ4v) is 3.78. The average Bonchev–Trinajstić information content (AvgIpc) is 2.25. The second kappa shape index (κ2) is 6.17. The van der Waals surface area contributed by atoms with Crippen LogP contribution >= 0.6 is 0 Å². The lowest BCUT2D eigenvalue weighted by Crippen LogP contribution is -2.27. The summed E-state index contributed by atoms with van der Waals surface area (Å²) in [6.45, 7) is 7.82. The Morgan fingerprint density at radius 2 is 1.78 bits per heavy atom. The first-order valence-corrected chi connectivity index (χ1v) is 11.2. The summed E-state index contributed by atoms with van der Waals surface area (Å²) in [5.74, 6) is -0.321. The highest BCUT2D eigenvalue weighted by molar-refractivity contribution is 6.69. The van der Waals surface area contributed by atoms with E-state index in [-0.39, 0.29) is 5.97 Å². The third-order valence-electron chi connectivity index (χ3n) is 3.25. The van der Waals surface area contributed by atoms with Crippen molar-refractivity contribution in [1.29, 1.82) is 0 Å². The van der Waals surface area contributed by atoms with Crippen LogP contribution in [0.1, 0.15) is 39.0 Å². The van der Waals surface area contributed by atoms with Gasteiger partial charge in [0.05, 0.1) is 0 Å². The van der Waals surface area contributed by atoms with Crippen LogP contribution in [-0.2, 0) is 14.3 Å². The van der Waals surface area contributed by atoms with E-state index in [1.165, 1.54) is 32.1 Å². The lowest BCUT2D eigenvalue weighted by atomic mass is 9.86. The van der Waals surface area contributed by atoms with E-state index in [1.807, 2.05) is 26.6 Å². The Morgan fingerprint density at radius 1 is 1.22 bits per heavy atom. The summed E-state index contributed by atoms with van der Waals surface area (Å²) in [7, 11) is -0.696. The molecule has 0 unspecified atom stereocenters. The van der Waals surface area contributed by atoms with Gasteiger partial charge in [-0.15, -0.1) is 0 Å². The van der Waals surface area contributed by atoms with Crippen LogP contribution in [0.3, 0.4) is 0 Å². The van der Waals surface area contributed by atoms with Gasteiger partial charge in [-0.3, -0.25) is 0 Å². The SMILES string of the molecule is CC(=CC1([SiH3])CCCCC1)C(=O)OO[Si](C)(C)C. The van der Waals surface area contributed by atoms with Crippen molar-refractivity contribution in [2.45, 2.75) is 63.7 Å². The summed E-state index contributed by atoms with van der Waals surface area (Å²) in [5, 5.41) is 0.292. The minimum atomic E-state index is -1.80. The van der Waals surface area contributed by atoms with Gasteiger partial charge >= 0.3 is 5.97 Å². The number of carbonyl (C=O) groups excluding carboxylic acids is 1. The lowest BCUT2D eigenvalue weighted by molar-refractivity contribution is -0.214. The first kappa shape index (κ1) is 15.7. The van der Waals surface area contributed by atoms with Crippen LogP contribution in [-0.4, -0.2) is 24.5 Å². The average molecular weight is 287 g/mol. The van der Waals surface area contributed by atoms with Crippen LogP contribution < -0.4 is 0 Å². The minimum Gasteiger partial charge on any atom is -0.305 e. The van der Waals surface area contributed by atoms with Crippen molar-refractivity contribution < 1.29 is 14.3 Å². The van der Waals surface area contributed by atoms with Crippen molar-refractivity contribution in [2.24, 2.45) is 0 Å². The maximum absolute atomic E-state index is 11.8. The van der Waals surface area contributed by atoms with E-state index < -0.39 is 8.32 Å². The molecule has 0 amide bonds. The smallest absolute Gasteiger partial charge is 0.305 e. The molecule has 0 saturated heterocycles. The summed E-state index contributed by atoms with van der Waals surface area (Å²) >= 11 is 0. The Hall–Kier alpha value is -0.396. The molecule has 0 aliphatic heterocycles. The predicted molar refractivity (Wildman–Crippen MR) is 80.0 cm³/mol. The van der Waals surface area contributed by atoms with Gasteiger partial charge in [0.15, 0.2) is 0 Å². The molecule has 0 bridgehead atoms. The molecule has 0 atom stereocenters. The van der Waals surface area contributed by atoms with Crippen LogP contribution in [0.5, 0.6) is 0 Å². The van der Waals surface area contributed by atoms with Gasteiger partial charge in [-0.1, -0.05) is 25.3 Å². The second-order valence-electron chi connectivity index (χ2n) is 6.61. The normalized spacial score (nSPS) is 20.8. The van der Waals surface area contributed by atoms with Gasteiger partial charge in [-0.2, -0.15) is 0 Å². The van der Waals surface area contributed by atoms with E-state index in [1.54, 1.807) is 0 Å². The van der Waals surface area contributed by atoms with Crippen LogP contribution in [0, 0.1) is 0 Å². The molecule has 0 aromatic heterocycles. The Kier molecular flexibility index (Phi) is 5.37. The molecule has 1 aliphatic rings. The number of hydrogen-bond donors (Lipinski definition) is 0. The molecule has 1 aliphatic carbocycles. The standard InChI is InChI=1S/C13H26O3Si2/c1-11(12(14)15-16-18(2,3)4)10-13(17)8-6-5-7-9-13/h10H,5-9H2,1-4,17H3. The summed E-state index contributed by atoms with van der Waals surface area (Å²) in [4.78, 5) is 16.8. The highest BCUT2D eigenvalue weighted by Crippen LogP contribution is 2.41. The monoisotopic (exact) mass is 286 g/mol. The minimum absolute atomic E-state index is 0.292. The zero-order valence-corrected chi connectivity index (χ0v) is 15.3. The van der Waals surface area contributed by atoms with Gasteiger partial charge in [0.2, 0.25) is 8.32 Å². The Balaban J connectivity index is 2.56. The van der Waals surface area contributed by atoms with Crippen molar-refractivity contribution >= 4 is 24.5 Å². The van der Waals surface area contributed by atoms with Crippen LogP contribution in [0.2, 0.25) is 24.7 Å². The van der Waals surface area contributed by atoms with E-state index in [2.05, 4.69) is 6.08 Å². The van der Waals surface area contributed by atoms with Crippen LogP contribution in [0.25, 0.3) is 0 Å². The molecule has 0 spiro atoms. The fraction of sp³-hybridized carbons (Fsp3) is 0.769. The van der Waals surface area contributed by atoms with Gasteiger partial charge in [-0.25, -0.2) is 9.37 Å². The van der Waals surface area contributed by atoms with Crippen molar-refractivity contribution in [3.63, 3.8) is 0 Å². The Labute approximate surface area is 114 Å². The zero-order chi connectivity index (χ0) is 13.8. The predicted octanol–water partition coefficient (Wildman–Crippen LogP) is 2.73. The van der Waals surface area contributed by atoms with Crippen molar-refractivity contribution in [3.8, 4) is 0 Å². The maximum atomic E-state index is 11.8. The molecule has 18 heavy (non-hydrogen) atoms. The lowest BCUT2D eigenvalue weighted by Gasteiger charge is -2.31. The molecule has 5 heteroatoms. The molecule has 0 N–H and O–H groups in total. The molecule has 1 rings (SSSR count). The molecule has 0 radical (unpaired) electrons. The van der Waals surface area contributed by atoms with Gasteiger partial charge < -0.3 is 4.89 Å². The summed E-state index contributed by atoms with van der Waals surface area (Å²) in [6, 6.07) is 0. The third kappa shape index (κ3) is 5.50. The molecular formula is C13H26O3Si2. The highest BCUT2D eigenvalue weighted by atomic mass is 28.4. The molecule has 0 aromatic carbocycles. The summed E-state index contributed by atoms with van der Waals surface area (Å²) in [5.41, 5.74) is 0.699. The summed E-state index contributed by atoms with van der Waals surface area (Å²) in [6.07, 6.45) is 8.48. The number of allylic oxidation sites excluding steroid dienone is 1. The summed E-state index contributed by atoms with van der Waals surface area (Å²) < 4.78 is 5.19. The highest BCUT2D eigenvalue weighted by Gasteiger charge is 2.26. The largest absolute Gasteiger partial charge is 0.367 e. The molecule has 1 fully saturated rings. The van der Waals surface area contributed by atoms with Gasteiger partial charge in [0.1, 0.15) is 0 Å².